The number of nitrogens with zero attached hydrogens (tertiary/aromatic N) is 3. The average molecular weight is 535 g/mol. The molecule has 0 spiro atoms. The number of likely N-dealkylation sites (tertiary alicyclic amines) is 1. The largest absolute Gasteiger partial charge is 0.494 e. The van der Waals surface area contributed by atoms with E-state index in [1.807, 2.05) is 71.3 Å². The van der Waals surface area contributed by atoms with Crippen LogP contribution in [0.4, 0.5) is 5.69 Å². The fourth-order valence-corrected chi connectivity index (χ4v) is 5.32. The number of rotatable bonds is 12. The summed E-state index contributed by atoms with van der Waals surface area (Å²) in [5.41, 5.74) is 2.92. The fraction of sp³-hybridized carbons (Fsp3) is 0.516. The Morgan fingerprint density at radius 2 is 1.72 bits per heavy atom. The molecular weight excluding hydrogens is 492 g/mol. The second kappa shape index (κ2) is 14.1. The van der Waals surface area contributed by atoms with Crippen LogP contribution in [0.3, 0.4) is 0 Å². The van der Waals surface area contributed by atoms with Crippen molar-refractivity contribution in [3.05, 3.63) is 59.7 Å². The van der Waals surface area contributed by atoms with Gasteiger partial charge in [-0.15, -0.1) is 0 Å². The van der Waals surface area contributed by atoms with E-state index in [-0.39, 0.29) is 23.8 Å². The number of hydrogen-bond donors (Lipinski definition) is 1. The maximum absolute atomic E-state index is 13.1. The molecule has 2 heterocycles. The second-order valence-corrected chi connectivity index (χ2v) is 10.8. The molecule has 39 heavy (non-hydrogen) atoms. The lowest BCUT2D eigenvalue weighted by Crippen LogP contribution is -2.50. The molecule has 8 heteroatoms. The number of anilines is 1. The zero-order valence-corrected chi connectivity index (χ0v) is 23.4. The van der Waals surface area contributed by atoms with Crippen molar-refractivity contribution in [2.24, 2.45) is 0 Å². The van der Waals surface area contributed by atoms with E-state index in [0.29, 0.717) is 44.6 Å². The highest BCUT2D eigenvalue weighted by Crippen LogP contribution is 2.32. The van der Waals surface area contributed by atoms with E-state index in [9.17, 15) is 14.4 Å². The lowest BCUT2D eigenvalue weighted by atomic mass is 9.95. The van der Waals surface area contributed by atoms with Gasteiger partial charge in [-0.25, -0.2) is 0 Å². The SMILES string of the molecule is CN(C)CCNC(=O)CCCCCOc1ccc(C(=O)N2CCC(N3C(=O)CCc4ccccc43)CC2)cc1. The van der Waals surface area contributed by atoms with Gasteiger partial charge >= 0.3 is 0 Å². The molecule has 3 amide bonds. The van der Waals surface area contributed by atoms with E-state index in [1.54, 1.807) is 0 Å². The number of benzene rings is 2. The van der Waals surface area contributed by atoms with Gasteiger partial charge in [0.1, 0.15) is 5.75 Å². The lowest BCUT2D eigenvalue weighted by Gasteiger charge is -2.41. The first-order chi connectivity index (χ1) is 18.9. The number of para-hydroxylation sites is 1. The normalized spacial score (nSPS) is 15.8. The highest BCUT2D eigenvalue weighted by atomic mass is 16.5. The number of carbonyl (C=O) groups is 3. The van der Waals surface area contributed by atoms with Crippen molar-refractivity contribution in [3.63, 3.8) is 0 Å². The van der Waals surface area contributed by atoms with Gasteiger partial charge in [0.15, 0.2) is 0 Å². The van der Waals surface area contributed by atoms with E-state index >= 15 is 0 Å². The number of hydrogen-bond acceptors (Lipinski definition) is 5. The number of amides is 3. The quantitative estimate of drug-likeness (QED) is 0.418. The smallest absolute Gasteiger partial charge is 0.253 e. The summed E-state index contributed by atoms with van der Waals surface area (Å²) in [6.07, 6.45) is 6.13. The maximum Gasteiger partial charge on any atom is 0.253 e. The molecule has 0 aromatic heterocycles. The molecule has 0 saturated carbocycles. The minimum absolute atomic E-state index is 0.0224. The topological polar surface area (TPSA) is 82.2 Å². The maximum atomic E-state index is 13.1. The minimum atomic E-state index is 0.0224. The highest BCUT2D eigenvalue weighted by molar-refractivity contribution is 5.97. The molecule has 2 aromatic carbocycles. The molecule has 0 atom stereocenters. The molecule has 0 aliphatic carbocycles. The van der Waals surface area contributed by atoms with Crippen LogP contribution in [0.1, 0.15) is 60.9 Å². The number of carbonyl (C=O) groups excluding carboxylic acids is 3. The number of nitrogens with one attached hydrogen (secondary N) is 1. The van der Waals surface area contributed by atoms with Gasteiger partial charge in [0, 0.05) is 56.3 Å². The third-order valence-electron chi connectivity index (χ3n) is 7.54. The summed E-state index contributed by atoms with van der Waals surface area (Å²) in [5.74, 6) is 1.06. The zero-order chi connectivity index (χ0) is 27.6. The summed E-state index contributed by atoms with van der Waals surface area (Å²) in [7, 11) is 3.98. The van der Waals surface area contributed by atoms with Gasteiger partial charge in [-0.3, -0.25) is 14.4 Å². The molecule has 2 aliphatic rings. The lowest BCUT2D eigenvalue weighted by molar-refractivity contribution is -0.121. The van der Waals surface area contributed by atoms with Crippen molar-refractivity contribution >= 4 is 23.4 Å². The summed E-state index contributed by atoms with van der Waals surface area (Å²) >= 11 is 0. The van der Waals surface area contributed by atoms with Crippen LogP contribution in [0.2, 0.25) is 0 Å². The number of ether oxygens (including phenoxy) is 1. The number of unbranched alkanes of at least 4 members (excludes halogenated alkanes) is 2. The van der Waals surface area contributed by atoms with E-state index in [0.717, 1.165) is 56.5 Å². The van der Waals surface area contributed by atoms with E-state index in [4.69, 9.17) is 4.74 Å². The van der Waals surface area contributed by atoms with Crippen molar-refractivity contribution in [3.8, 4) is 5.75 Å². The Morgan fingerprint density at radius 3 is 2.46 bits per heavy atom. The number of fused-ring (bicyclic) bond motifs is 1. The summed E-state index contributed by atoms with van der Waals surface area (Å²) in [6, 6.07) is 15.7. The first kappa shape index (κ1) is 28.6. The molecular formula is C31H42N4O4. The average Bonchev–Trinajstić information content (AvgIpc) is 2.95. The van der Waals surface area contributed by atoms with Gasteiger partial charge in [-0.05, 0) is 88.5 Å². The standard InChI is InChI=1S/C31H42N4O4/c1-33(2)22-19-32-29(36)10-4-3-7-23-39-27-14-11-25(12-15-27)31(38)34-20-17-26(18-21-34)35-28-9-6-5-8-24(28)13-16-30(35)37/h5-6,8-9,11-12,14-15,26H,3-4,7,10,13,16-23H2,1-2H3,(H,32,36). The molecule has 2 aromatic rings. The summed E-state index contributed by atoms with van der Waals surface area (Å²) in [5, 5.41) is 2.93. The predicted octanol–water partition coefficient (Wildman–Crippen LogP) is 3.89. The molecule has 0 bridgehead atoms. The van der Waals surface area contributed by atoms with Gasteiger partial charge in [0.2, 0.25) is 11.8 Å². The van der Waals surface area contributed by atoms with Crippen LogP contribution in [-0.4, -0.2) is 80.4 Å². The third-order valence-corrected chi connectivity index (χ3v) is 7.54. The molecule has 1 fully saturated rings. The number of piperidine rings is 1. The van der Waals surface area contributed by atoms with Gasteiger partial charge in [-0.1, -0.05) is 18.2 Å². The van der Waals surface area contributed by atoms with Crippen LogP contribution in [-0.2, 0) is 16.0 Å². The molecule has 0 radical (unpaired) electrons. The fourth-order valence-electron chi connectivity index (χ4n) is 5.32. The molecule has 210 valence electrons. The Balaban J connectivity index is 1.16. The minimum Gasteiger partial charge on any atom is -0.494 e. The van der Waals surface area contributed by atoms with Crippen LogP contribution >= 0.6 is 0 Å². The van der Waals surface area contributed by atoms with Gasteiger partial charge in [0.25, 0.3) is 5.91 Å². The van der Waals surface area contributed by atoms with Crippen LogP contribution in [0.5, 0.6) is 5.75 Å². The highest BCUT2D eigenvalue weighted by Gasteiger charge is 2.33. The van der Waals surface area contributed by atoms with E-state index < -0.39 is 0 Å². The monoisotopic (exact) mass is 534 g/mol. The Kier molecular flexibility index (Phi) is 10.4. The molecule has 8 nitrogen and oxygen atoms in total. The zero-order valence-electron chi connectivity index (χ0n) is 23.4. The van der Waals surface area contributed by atoms with Crippen LogP contribution in [0.25, 0.3) is 0 Å². The van der Waals surface area contributed by atoms with Gasteiger partial charge in [-0.2, -0.15) is 0 Å². The Morgan fingerprint density at radius 1 is 0.974 bits per heavy atom. The number of aryl methyl sites for hydroxylation is 1. The van der Waals surface area contributed by atoms with Crippen LogP contribution < -0.4 is 15.0 Å². The molecule has 1 N–H and O–H groups in total. The Bertz CT molecular complexity index is 1110. The van der Waals surface area contributed by atoms with Crippen molar-refractivity contribution in [1.82, 2.24) is 15.1 Å². The third kappa shape index (κ3) is 8.05. The van der Waals surface area contributed by atoms with E-state index in [2.05, 4.69) is 11.4 Å². The van der Waals surface area contributed by atoms with Crippen molar-refractivity contribution < 1.29 is 19.1 Å². The first-order valence-electron chi connectivity index (χ1n) is 14.3. The second-order valence-electron chi connectivity index (χ2n) is 10.8. The van der Waals surface area contributed by atoms with Crippen molar-refractivity contribution in [2.75, 3.05) is 51.8 Å². The van der Waals surface area contributed by atoms with E-state index in [1.165, 1.54) is 5.56 Å². The Hall–Kier alpha value is -3.39. The van der Waals surface area contributed by atoms with Gasteiger partial charge in [0.05, 0.1) is 6.61 Å². The van der Waals surface area contributed by atoms with Crippen LogP contribution in [0, 0.1) is 0 Å². The molecule has 0 unspecified atom stereocenters. The predicted molar refractivity (Wildman–Crippen MR) is 153 cm³/mol. The number of likely N-dealkylation sites (N-methyl/N-ethyl adjacent to an activating group) is 1. The summed E-state index contributed by atoms with van der Waals surface area (Å²) in [6.45, 7) is 3.39. The first-order valence-corrected chi connectivity index (χ1v) is 14.3. The molecule has 2 aliphatic heterocycles. The van der Waals surface area contributed by atoms with Crippen molar-refractivity contribution in [1.29, 1.82) is 0 Å². The molecule has 1 saturated heterocycles. The van der Waals surface area contributed by atoms with Gasteiger partial charge < -0.3 is 24.8 Å². The van der Waals surface area contributed by atoms with Crippen LogP contribution in [0.15, 0.2) is 48.5 Å². The summed E-state index contributed by atoms with van der Waals surface area (Å²) in [4.78, 5) is 43.6. The van der Waals surface area contributed by atoms with Crippen molar-refractivity contribution in [2.45, 2.75) is 57.4 Å². The summed E-state index contributed by atoms with van der Waals surface area (Å²) < 4.78 is 5.84. The Labute approximate surface area is 232 Å². The molecule has 4 rings (SSSR count).